The van der Waals surface area contributed by atoms with Gasteiger partial charge in [0.05, 0.1) is 6.61 Å². The van der Waals surface area contributed by atoms with Gasteiger partial charge in [0, 0.05) is 23.5 Å². The molecule has 5 nitrogen and oxygen atoms in total. The smallest absolute Gasteiger partial charge is 0.348 e. The van der Waals surface area contributed by atoms with Gasteiger partial charge in [0.1, 0.15) is 5.75 Å². The Labute approximate surface area is 243 Å². The number of carbonyl (C=O) groups excluding carboxylic acids is 1. The molecule has 0 saturated carbocycles. The zero-order valence-electron chi connectivity index (χ0n) is 24.8. The van der Waals surface area contributed by atoms with E-state index in [2.05, 4.69) is 16.9 Å². The van der Waals surface area contributed by atoms with Crippen molar-refractivity contribution in [2.24, 2.45) is 0 Å². The number of alkyl halides is 1. The molecule has 0 aliphatic carbocycles. The summed E-state index contributed by atoms with van der Waals surface area (Å²) in [7, 11) is 0. The number of nitrogens with zero attached hydrogens (tertiary/aromatic N) is 2. The van der Waals surface area contributed by atoms with E-state index in [-0.39, 0.29) is 17.9 Å². The highest BCUT2D eigenvalue weighted by molar-refractivity contribution is 5.81. The van der Waals surface area contributed by atoms with Crippen LogP contribution in [-0.2, 0) is 4.79 Å². The predicted molar refractivity (Wildman–Crippen MR) is 160 cm³/mol. The molecule has 0 unspecified atom stereocenters. The van der Waals surface area contributed by atoms with Gasteiger partial charge in [-0.05, 0) is 55.7 Å². The minimum Gasteiger partial charge on any atom is -0.491 e. The number of hydrogen-bond acceptors (Lipinski definition) is 5. The first-order valence-corrected chi connectivity index (χ1v) is 15.1. The van der Waals surface area contributed by atoms with Gasteiger partial charge < -0.3 is 9.47 Å². The highest BCUT2D eigenvalue weighted by Gasteiger charge is 2.34. The van der Waals surface area contributed by atoms with Crippen LogP contribution in [0.15, 0.2) is 54.9 Å². The molecule has 2 aromatic carbocycles. The van der Waals surface area contributed by atoms with Gasteiger partial charge in [-0.25, -0.2) is 23.5 Å². The van der Waals surface area contributed by atoms with E-state index in [0.717, 1.165) is 24.0 Å². The molecular weight excluding hydrogens is 522 g/mol. The van der Waals surface area contributed by atoms with Gasteiger partial charge >= 0.3 is 5.97 Å². The molecule has 0 saturated heterocycles. The number of esters is 1. The maximum Gasteiger partial charge on any atom is 0.348 e. The fourth-order valence-electron chi connectivity index (χ4n) is 4.66. The fourth-order valence-corrected chi connectivity index (χ4v) is 4.66. The van der Waals surface area contributed by atoms with Crippen LogP contribution in [-0.4, -0.2) is 28.2 Å². The minimum absolute atomic E-state index is 0.104. The predicted octanol–water partition coefficient (Wildman–Crippen LogP) is 9.68. The largest absolute Gasteiger partial charge is 0.491 e. The molecular formula is C34H44F2N2O3. The van der Waals surface area contributed by atoms with Crippen LogP contribution in [0.25, 0.3) is 22.5 Å². The monoisotopic (exact) mass is 566 g/mol. The molecule has 1 atom stereocenters. The second kappa shape index (κ2) is 16.8. The summed E-state index contributed by atoms with van der Waals surface area (Å²) >= 11 is 0. The van der Waals surface area contributed by atoms with Crippen molar-refractivity contribution >= 4 is 5.97 Å². The molecule has 41 heavy (non-hydrogen) atoms. The first kappa shape index (κ1) is 32.2. The second-order valence-corrected chi connectivity index (χ2v) is 10.8. The van der Waals surface area contributed by atoms with Crippen molar-refractivity contribution in [2.45, 2.75) is 103 Å². The normalized spacial score (nSPS) is 12.6. The van der Waals surface area contributed by atoms with Crippen molar-refractivity contribution in [3.05, 3.63) is 60.7 Å². The Balaban J connectivity index is 1.45. The Kier molecular flexibility index (Phi) is 13.2. The van der Waals surface area contributed by atoms with Crippen LogP contribution in [0.3, 0.4) is 0 Å². The van der Waals surface area contributed by atoms with Gasteiger partial charge in [-0.3, -0.25) is 0 Å². The molecule has 0 spiro atoms. The lowest BCUT2D eigenvalue weighted by Gasteiger charge is -2.17. The van der Waals surface area contributed by atoms with Crippen LogP contribution in [0.1, 0.15) is 97.8 Å². The van der Waals surface area contributed by atoms with Crippen LogP contribution in [0.5, 0.6) is 11.5 Å². The summed E-state index contributed by atoms with van der Waals surface area (Å²) in [6.45, 7) is 5.79. The Morgan fingerprint density at radius 2 is 1.37 bits per heavy atom. The van der Waals surface area contributed by atoms with Crippen LogP contribution in [0, 0.1) is 5.82 Å². The van der Waals surface area contributed by atoms with Crippen molar-refractivity contribution in [3.63, 3.8) is 0 Å². The summed E-state index contributed by atoms with van der Waals surface area (Å²) in [4.78, 5) is 20.9. The number of aromatic nitrogens is 2. The Morgan fingerprint density at radius 3 is 1.95 bits per heavy atom. The number of ether oxygens (including phenoxy) is 2. The van der Waals surface area contributed by atoms with Gasteiger partial charge in [-0.1, -0.05) is 90.2 Å². The maximum atomic E-state index is 14.7. The molecule has 0 radical (unpaired) electrons. The topological polar surface area (TPSA) is 61.3 Å². The van der Waals surface area contributed by atoms with Crippen LogP contribution < -0.4 is 9.47 Å². The average Bonchev–Trinajstić information content (AvgIpc) is 2.97. The molecule has 1 aromatic heterocycles. The average molecular weight is 567 g/mol. The first-order valence-electron chi connectivity index (χ1n) is 15.1. The lowest BCUT2D eigenvalue weighted by molar-refractivity contribution is -0.147. The van der Waals surface area contributed by atoms with Crippen molar-refractivity contribution < 1.29 is 23.0 Å². The highest BCUT2D eigenvalue weighted by atomic mass is 19.1. The molecule has 0 aliphatic rings. The lowest BCUT2D eigenvalue weighted by Crippen LogP contribution is -2.34. The van der Waals surface area contributed by atoms with E-state index in [0.29, 0.717) is 24.4 Å². The summed E-state index contributed by atoms with van der Waals surface area (Å²) in [5, 5.41) is 0. The van der Waals surface area contributed by atoms with Crippen LogP contribution in [0.4, 0.5) is 8.78 Å². The van der Waals surface area contributed by atoms with E-state index >= 15 is 0 Å². The van der Waals surface area contributed by atoms with E-state index in [9.17, 15) is 13.6 Å². The molecule has 3 aromatic rings. The first-order chi connectivity index (χ1) is 19.8. The van der Waals surface area contributed by atoms with Gasteiger partial charge in [0.2, 0.25) is 5.67 Å². The summed E-state index contributed by atoms with van der Waals surface area (Å²) in [5.74, 6) is -0.428. The van der Waals surface area contributed by atoms with Gasteiger partial charge in [0.25, 0.3) is 0 Å². The molecule has 0 fully saturated rings. The zero-order valence-corrected chi connectivity index (χ0v) is 24.8. The highest BCUT2D eigenvalue weighted by Crippen LogP contribution is 2.27. The zero-order chi connectivity index (χ0) is 29.5. The van der Waals surface area contributed by atoms with Crippen molar-refractivity contribution in [3.8, 4) is 34.0 Å². The molecule has 0 amide bonds. The van der Waals surface area contributed by atoms with Crippen LogP contribution >= 0.6 is 0 Å². The summed E-state index contributed by atoms with van der Waals surface area (Å²) in [6.07, 6.45) is 16.4. The van der Waals surface area contributed by atoms with E-state index in [1.165, 1.54) is 64.4 Å². The van der Waals surface area contributed by atoms with Gasteiger partial charge in [0.15, 0.2) is 17.4 Å². The molecule has 3 rings (SSSR count). The summed E-state index contributed by atoms with van der Waals surface area (Å²) in [5.41, 5.74) is 0.0803. The summed E-state index contributed by atoms with van der Waals surface area (Å²) in [6, 6.07) is 11.5. The fraction of sp³-hybridized carbons (Fsp3) is 0.500. The van der Waals surface area contributed by atoms with Gasteiger partial charge in [-0.15, -0.1) is 0 Å². The third kappa shape index (κ3) is 10.5. The van der Waals surface area contributed by atoms with Crippen molar-refractivity contribution in [1.82, 2.24) is 9.97 Å². The van der Waals surface area contributed by atoms with E-state index < -0.39 is 17.5 Å². The molecule has 0 bridgehead atoms. The number of unbranched alkanes of at least 4 members (excludes halogenated alkanes) is 9. The Hall–Kier alpha value is -3.35. The Bertz CT molecular complexity index is 1200. The lowest BCUT2D eigenvalue weighted by atomic mass is 10.0. The number of benzene rings is 2. The third-order valence-electron chi connectivity index (χ3n) is 7.14. The molecule has 0 N–H and O–H groups in total. The van der Waals surface area contributed by atoms with Gasteiger partial charge in [-0.2, -0.15) is 0 Å². The number of rotatable bonds is 18. The summed E-state index contributed by atoms with van der Waals surface area (Å²) < 4.78 is 39.9. The number of hydrogen-bond donors (Lipinski definition) is 0. The van der Waals surface area contributed by atoms with Crippen LogP contribution in [0.2, 0.25) is 0 Å². The molecule has 7 heteroatoms. The number of halogens is 2. The Morgan fingerprint density at radius 1 is 0.780 bits per heavy atom. The molecule has 1 heterocycles. The molecule has 0 aliphatic heterocycles. The van der Waals surface area contributed by atoms with Crippen molar-refractivity contribution in [2.75, 3.05) is 6.61 Å². The standard InChI is InChI=1S/C34H44F2N2O3/c1-4-6-7-8-9-10-11-12-13-14-22-40-31-20-17-27(23-30(31)35)32-37-24-28(25-38-32)26-15-18-29(19-16-26)41-33(39)34(3,36)21-5-2/h15-20,23-25H,4-14,21-22H2,1-3H3/t34-/m0/s1. The van der Waals surface area contributed by atoms with Crippen molar-refractivity contribution in [1.29, 1.82) is 0 Å². The van der Waals surface area contributed by atoms with E-state index in [4.69, 9.17) is 9.47 Å². The second-order valence-electron chi connectivity index (χ2n) is 10.8. The number of carbonyl (C=O) groups is 1. The molecule has 222 valence electrons. The maximum absolute atomic E-state index is 14.7. The minimum atomic E-state index is -2.02. The quantitative estimate of drug-likeness (QED) is 0.0871. The third-order valence-corrected chi connectivity index (χ3v) is 7.14. The van der Waals surface area contributed by atoms with E-state index in [1.807, 2.05) is 6.92 Å². The SMILES string of the molecule is CCCCCCCCCCCCOc1ccc(-c2ncc(-c3ccc(OC(=O)[C@@](C)(F)CCC)cc3)cn2)cc1F. The van der Waals surface area contributed by atoms with E-state index in [1.54, 1.807) is 48.8 Å².